The molecule has 4 aromatic heterocycles. The quantitative estimate of drug-likeness (QED) is 0.527. The lowest BCUT2D eigenvalue weighted by Crippen LogP contribution is -2.11. The van der Waals surface area contributed by atoms with Crippen LogP contribution in [-0.2, 0) is 0 Å². The van der Waals surface area contributed by atoms with Gasteiger partial charge in [0.1, 0.15) is 22.0 Å². The van der Waals surface area contributed by atoms with Gasteiger partial charge in [-0.1, -0.05) is 22.6 Å². The van der Waals surface area contributed by atoms with Crippen LogP contribution in [0.4, 0.5) is 5.13 Å². The van der Waals surface area contributed by atoms with Gasteiger partial charge in [0.2, 0.25) is 5.78 Å². The molecular weight excluding hydrogens is 368 g/mol. The Morgan fingerprint density at radius 2 is 2.04 bits per heavy atom. The molecule has 0 atom stereocenters. The third kappa shape index (κ3) is 3.40. The first kappa shape index (κ1) is 16.9. The molecule has 0 spiro atoms. The summed E-state index contributed by atoms with van der Waals surface area (Å²) in [5, 5.41) is 6.54. The summed E-state index contributed by atoms with van der Waals surface area (Å²) in [6.07, 6.45) is 3.02. The summed E-state index contributed by atoms with van der Waals surface area (Å²) in [4.78, 5) is 33.9. The number of nitrogens with zero attached hydrogens (tertiary/aromatic N) is 3. The molecule has 4 rings (SSSR count). The molecule has 0 unspecified atom stereocenters. The van der Waals surface area contributed by atoms with Crippen LogP contribution in [0, 0.1) is 6.92 Å². The van der Waals surface area contributed by atoms with E-state index in [1.807, 2.05) is 0 Å². The van der Waals surface area contributed by atoms with Gasteiger partial charge < -0.3 is 8.94 Å². The molecule has 0 saturated carbocycles. The van der Waals surface area contributed by atoms with Gasteiger partial charge in [0.15, 0.2) is 16.6 Å². The van der Waals surface area contributed by atoms with Crippen LogP contribution in [-0.4, -0.2) is 26.8 Å². The second-order valence-corrected chi connectivity index (χ2v) is 6.49. The zero-order valence-electron chi connectivity index (χ0n) is 14.0. The van der Waals surface area contributed by atoms with Gasteiger partial charge in [-0.25, -0.2) is 4.98 Å². The summed E-state index contributed by atoms with van der Waals surface area (Å²) in [5.41, 5.74) is 0.742. The number of aromatic nitrogens is 3. The van der Waals surface area contributed by atoms with Gasteiger partial charge in [0, 0.05) is 12.3 Å². The van der Waals surface area contributed by atoms with Gasteiger partial charge in [-0.05, 0) is 31.2 Å². The Morgan fingerprint density at radius 3 is 2.70 bits per heavy atom. The van der Waals surface area contributed by atoms with Crippen molar-refractivity contribution >= 4 is 28.2 Å². The largest absolute Gasteiger partial charge is 0.463 e. The van der Waals surface area contributed by atoms with Gasteiger partial charge in [0.25, 0.3) is 5.91 Å². The number of carbonyl (C=O) groups is 2. The topological polar surface area (TPSA) is 111 Å². The van der Waals surface area contributed by atoms with Gasteiger partial charge >= 0.3 is 0 Å². The summed E-state index contributed by atoms with van der Waals surface area (Å²) in [5.74, 6) is 0.144. The highest BCUT2D eigenvalue weighted by Crippen LogP contribution is 2.33. The van der Waals surface area contributed by atoms with Crippen molar-refractivity contribution in [2.24, 2.45) is 0 Å². The van der Waals surface area contributed by atoms with Crippen molar-refractivity contribution in [1.82, 2.24) is 15.1 Å². The molecule has 134 valence electrons. The highest BCUT2D eigenvalue weighted by Gasteiger charge is 2.24. The molecule has 27 heavy (non-hydrogen) atoms. The Hall–Kier alpha value is -3.59. The molecule has 0 aliphatic heterocycles. The van der Waals surface area contributed by atoms with Crippen molar-refractivity contribution in [3.05, 3.63) is 70.9 Å². The predicted molar refractivity (Wildman–Crippen MR) is 96.7 cm³/mol. The summed E-state index contributed by atoms with van der Waals surface area (Å²) in [6, 6.07) is 9.96. The fraction of sp³-hybridized carbons (Fsp3) is 0.0556. The van der Waals surface area contributed by atoms with Crippen LogP contribution >= 0.6 is 11.3 Å². The zero-order chi connectivity index (χ0) is 18.8. The average molecular weight is 380 g/mol. The summed E-state index contributed by atoms with van der Waals surface area (Å²) in [7, 11) is 0. The number of amides is 1. The second-order valence-electron chi connectivity index (χ2n) is 5.50. The number of thiazole rings is 1. The molecule has 0 fully saturated rings. The van der Waals surface area contributed by atoms with Crippen molar-refractivity contribution in [2.45, 2.75) is 6.92 Å². The van der Waals surface area contributed by atoms with E-state index in [1.165, 1.54) is 18.5 Å². The lowest BCUT2D eigenvalue weighted by Gasteiger charge is -1.98. The number of furan rings is 1. The van der Waals surface area contributed by atoms with E-state index < -0.39 is 5.91 Å². The van der Waals surface area contributed by atoms with Crippen LogP contribution in [0.1, 0.15) is 31.6 Å². The van der Waals surface area contributed by atoms with Crippen LogP contribution in [0.5, 0.6) is 0 Å². The summed E-state index contributed by atoms with van der Waals surface area (Å²) in [6.45, 7) is 1.69. The van der Waals surface area contributed by atoms with E-state index in [0.29, 0.717) is 22.1 Å². The summed E-state index contributed by atoms with van der Waals surface area (Å²) < 4.78 is 10.3. The average Bonchev–Trinajstić information content (AvgIpc) is 3.42. The minimum Gasteiger partial charge on any atom is -0.463 e. The molecule has 0 bridgehead atoms. The third-order valence-electron chi connectivity index (χ3n) is 3.57. The number of carbonyl (C=O) groups excluding carboxylic acids is 2. The molecule has 9 heteroatoms. The fourth-order valence-electron chi connectivity index (χ4n) is 2.36. The summed E-state index contributed by atoms with van der Waals surface area (Å²) >= 11 is 1.04. The first-order valence-corrected chi connectivity index (χ1v) is 8.68. The second kappa shape index (κ2) is 6.96. The Labute approximate surface area is 156 Å². The van der Waals surface area contributed by atoms with Gasteiger partial charge in [-0.15, -0.1) is 0 Å². The van der Waals surface area contributed by atoms with Gasteiger partial charge in [0.05, 0.1) is 6.26 Å². The fourth-order valence-corrected chi connectivity index (χ4v) is 3.27. The standard InChI is InChI=1S/C18H12N4O4S/c1-10-9-12(22-26-10)17(24)21-18-20-14(13-6-4-8-25-13)16(27-18)15(23)11-5-2-3-7-19-11/h2-9H,1H3,(H,20,21,24). The maximum atomic E-state index is 12.9. The van der Waals surface area contributed by atoms with Crippen molar-refractivity contribution < 1.29 is 18.5 Å². The predicted octanol–water partition coefficient (Wildman–Crippen LogP) is 3.58. The lowest BCUT2D eigenvalue weighted by atomic mass is 10.1. The van der Waals surface area contributed by atoms with Crippen molar-refractivity contribution in [2.75, 3.05) is 5.32 Å². The lowest BCUT2D eigenvalue weighted by molar-refractivity contribution is 0.101. The highest BCUT2D eigenvalue weighted by atomic mass is 32.1. The van der Waals surface area contributed by atoms with Crippen LogP contribution in [0.3, 0.4) is 0 Å². The SMILES string of the molecule is Cc1cc(C(=O)Nc2nc(-c3ccco3)c(C(=O)c3ccccn3)s2)no1. The van der Waals surface area contributed by atoms with E-state index in [9.17, 15) is 9.59 Å². The van der Waals surface area contributed by atoms with E-state index >= 15 is 0 Å². The molecule has 8 nitrogen and oxygen atoms in total. The first-order chi connectivity index (χ1) is 13.1. The van der Waals surface area contributed by atoms with Gasteiger partial charge in [-0.3, -0.25) is 19.9 Å². The van der Waals surface area contributed by atoms with Crippen LogP contribution in [0.2, 0.25) is 0 Å². The van der Waals surface area contributed by atoms with Crippen molar-refractivity contribution in [3.8, 4) is 11.5 Å². The molecule has 1 amide bonds. The maximum absolute atomic E-state index is 12.9. The smallest absolute Gasteiger partial charge is 0.279 e. The maximum Gasteiger partial charge on any atom is 0.279 e. The van der Waals surface area contributed by atoms with Crippen molar-refractivity contribution in [1.29, 1.82) is 0 Å². The molecule has 0 aliphatic rings. The number of pyridine rings is 1. The van der Waals surface area contributed by atoms with Crippen molar-refractivity contribution in [3.63, 3.8) is 0 Å². The molecule has 0 aliphatic carbocycles. The third-order valence-corrected chi connectivity index (χ3v) is 4.54. The van der Waals surface area contributed by atoms with E-state index in [0.717, 1.165) is 11.3 Å². The number of aryl methyl sites for hydroxylation is 1. The first-order valence-electron chi connectivity index (χ1n) is 7.87. The van der Waals surface area contributed by atoms with E-state index in [1.54, 1.807) is 37.3 Å². The Kier molecular flexibility index (Phi) is 4.35. The highest BCUT2D eigenvalue weighted by molar-refractivity contribution is 7.18. The van der Waals surface area contributed by atoms with Crippen LogP contribution in [0.15, 0.2) is 57.8 Å². The van der Waals surface area contributed by atoms with E-state index in [4.69, 9.17) is 8.94 Å². The number of hydrogen-bond donors (Lipinski definition) is 1. The van der Waals surface area contributed by atoms with Gasteiger partial charge in [-0.2, -0.15) is 0 Å². The normalized spacial score (nSPS) is 10.7. The molecule has 0 aromatic carbocycles. The molecule has 4 aromatic rings. The Balaban J connectivity index is 1.70. The Morgan fingerprint density at radius 1 is 1.15 bits per heavy atom. The minimum absolute atomic E-state index is 0.125. The molecule has 0 saturated heterocycles. The molecule has 0 radical (unpaired) electrons. The monoisotopic (exact) mass is 380 g/mol. The Bertz CT molecular complexity index is 1100. The van der Waals surface area contributed by atoms with E-state index in [2.05, 4.69) is 20.4 Å². The minimum atomic E-state index is -0.483. The van der Waals surface area contributed by atoms with Crippen LogP contribution < -0.4 is 5.32 Å². The number of anilines is 1. The molecular formula is C18H12N4O4S. The van der Waals surface area contributed by atoms with E-state index in [-0.39, 0.29) is 22.3 Å². The number of rotatable bonds is 5. The van der Waals surface area contributed by atoms with Crippen LogP contribution in [0.25, 0.3) is 11.5 Å². The molecule has 4 heterocycles. The number of hydrogen-bond acceptors (Lipinski definition) is 8. The molecule has 1 N–H and O–H groups in total. The number of nitrogens with one attached hydrogen (secondary N) is 1. The zero-order valence-corrected chi connectivity index (χ0v) is 14.8. The number of ketones is 1.